The predicted octanol–water partition coefficient (Wildman–Crippen LogP) is 4.04. The maximum atomic E-state index is 12.0. The second kappa shape index (κ2) is 10.4. The predicted molar refractivity (Wildman–Crippen MR) is 87.1 cm³/mol. The zero-order valence-corrected chi connectivity index (χ0v) is 13.6. The molecule has 0 bridgehead atoms. The van der Waals surface area contributed by atoms with Gasteiger partial charge in [-0.25, -0.2) is 0 Å². The quantitative estimate of drug-likeness (QED) is 0.426. The molecule has 3 heteroatoms. The zero-order chi connectivity index (χ0) is 15.5. The van der Waals surface area contributed by atoms with Gasteiger partial charge in [0.25, 0.3) is 0 Å². The highest BCUT2D eigenvalue weighted by Gasteiger charge is 2.19. The van der Waals surface area contributed by atoms with Crippen molar-refractivity contribution in [1.29, 1.82) is 0 Å². The molecule has 0 atom stereocenters. The molecule has 3 nitrogen and oxygen atoms in total. The summed E-state index contributed by atoms with van der Waals surface area (Å²) < 4.78 is 0. The molecule has 1 aliphatic carbocycles. The summed E-state index contributed by atoms with van der Waals surface area (Å²) in [7, 11) is 0. The fourth-order valence-electron chi connectivity index (χ4n) is 2.56. The van der Waals surface area contributed by atoms with E-state index in [1.54, 1.807) is 0 Å². The average molecular weight is 291 g/mol. The molecule has 0 saturated heterocycles. The van der Waals surface area contributed by atoms with Crippen molar-refractivity contribution >= 4 is 11.6 Å². The first-order chi connectivity index (χ1) is 10.2. The van der Waals surface area contributed by atoms with Crippen molar-refractivity contribution in [2.45, 2.75) is 65.2 Å². The van der Waals surface area contributed by atoms with Gasteiger partial charge < -0.3 is 4.90 Å². The molecule has 0 aromatic rings. The van der Waals surface area contributed by atoms with Gasteiger partial charge in [0.15, 0.2) is 5.78 Å². The summed E-state index contributed by atoms with van der Waals surface area (Å²) in [6.45, 7) is 6.15. The summed E-state index contributed by atoms with van der Waals surface area (Å²) in [6.07, 6.45) is 13.7. The highest BCUT2D eigenvalue weighted by molar-refractivity contribution is 6.16. The largest absolute Gasteiger partial charge is 0.368 e. The van der Waals surface area contributed by atoms with Gasteiger partial charge in [0.05, 0.1) is 5.70 Å². The first-order valence-corrected chi connectivity index (χ1v) is 8.42. The number of nitrogens with zero attached hydrogens (tertiary/aromatic N) is 1. The van der Waals surface area contributed by atoms with Crippen LogP contribution in [0.2, 0.25) is 0 Å². The van der Waals surface area contributed by atoms with Gasteiger partial charge in [0, 0.05) is 19.2 Å². The Morgan fingerprint density at radius 1 is 0.810 bits per heavy atom. The summed E-state index contributed by atoms with van der Waals surface area (Å²) in [4.78, 5) is 25.7. The van der Waals surface area contributed by atoms with Gasteiger partial charge in [0.1, 0.15) is 0 Å². The molecule has 0 spiro atoms. The number of allylic oxidation sites excluding steroid dienone is 3. The van der Waals surface area contributed by atoms with Crippen molar-refractivity contribution < 1.29 is 9.59 Å². The monoisotopic (exact) mass is 291 g/mol. The van der Waals surface area contributed by atoms with E-state index in [-0.39, 0.29) is 11.6 Å². The van der Waals surface area contributed by atoms with Crippen LogP contribution in [0.25, 0.3) is 0 Å². The van der Waals surface area contributed by atoms with Crippen molar-refractivity contribution in [2.75, 3.05) is 13.1 Å². The second-order valence-corrected chi connectivity index (χ2v) is 5.74. The van der Waals surface area contributed by atoms with Gasteiger partial charge in [-0.1, -0.05) is 52.4 Å². The number of carbonyl (C=O) groups excluding carboxylic acids is 2. The van der Waals surface area contributed by atoms with Crippen LogP contribution < -0.4 is 0 Å². The van der Waals surface area contributed by atoms with Crippen molar-refractivity contribution in [1.82, 2.24) is 4.90 Å². The molecule has 0 radical (unpaired) electrons. The minimum Gasteiger partial charge on any atom is -0.368 e. The van der Waals surface area contributed by atoms with Crippen molar-refractivity contribution in [2.24, 2.45) is 0 Å². The summed E-state index contributed by atoms with van der Waals surface area (Å²) in [6, 6.07) is 0. The summed E-state index contributed by atoms with van der Waals surface area (Å²) in [5, 5.41) is 0. The van der Waals surface area contributed by atoms with E-state index in [1.165, 1.54) is 56.8 Å². The molecule has 1 rings (SSSR count). The van der Waals surface area contributed by atoms with Gasteiger partial charge in [-0.15, -0.1) is 0 Å². The molecule has 0 heterocycles. The third-order valence-corrected chi connectivity index (χ3v) is 3.83. The van der Waals surface area contributed by atoms with Crippen LogP contribution in [0, 0.1) is 0 Å². The van der Waals surface area contributed by atoms with Crippen molar-refractivity contribution in [3.63, 3.8) is 0 Å². The summed E-state index contributed by atoms with van der Waals surface area (Å²) >= 11 is 0. The first kappa shape index (κ1) is 17.7. The number of carbonyl (C=O) groups is 2. The number of hydrogen-bond donors (Lipinski definition) is 0. The van der Waals surface area contributed by atoms with Gasteiger partial charge >= 0.3 is 0 Å². The van der Waals surface area contributed by atoms with E-state index in [0.29, 0.717) is 5.70 Å². The molecule has 21 heavy (non-hydrogen) atoms. The lowest BCUT2D eigenvalue weighted by molar-refractivity contribution is -0.115. The van der Waals surface area contributed by atoms with Crippen molar-refractivity contribution in [3.8, 4) is 0 Å². The maximum Gasteiger partial charge on any atom is 0.202 e. The Morgan fingerprint density at radius 2 is 1.38 bits per heavy atom. The summed E-state index contributed by atoms with van der Waals surface area (Å²) in [5.41, 5.74) is 0.593. The fraction of sp³-hybridized carbons (Fsp3) is 0.667. The second-order valence-electron chi connectivity index (χ2n) is 5.74. The van der Waals surface area contributed by atoms with Crippen molar-refractivity contribution in [3.05, 3.63) is 23.9 Å². The molecule has 0 aliphatic heterocycles. The zero-order valence-electron chi connectivity index (χ0n) is 13.6. The van der Waals surface area contributed by atoms with Gasteiger partial charge in [-0.2, -0.15) is 0 Å². The highest BCUT2D eigenvalue weighted by atomic mass is 16.1. The lowest BCUT2D eigenvalue weighted by Gasteiger charge is -2.27. The van der Waals surface area contributed by atoms with Crippen LogP contribution in [0.4, 0.5) is 0 Å². The molecule has 0 fully saturated rings. The molecule has 0 amide bonds. The smallest absolute Gasteiger partial charge is 0.202 e. The molecule has 0 aromatic heterocycles. The highest BCUT2D eigenvalue weighted by Crippen LogP contribution is 2.15. The van der Waals surface area contributed by atoms with Crippen LogP contribution in [0.15, 0.2) is 23.9 Å². The molecule has 0 N–H and O–H groups in total. The molecule has 0 aromatic carbocycles. The van der Waals surface area contributed by atoms with Crippen LogP contribution in [0.3, 0.4) is 0 Å². The minimum atomic E-state index is -0.0725. The number of rotatable bonds is 11. The molecule has 118 valence electrons. The van der Waals surface area contributed by atoms with Crippen LogP contribution in [-0.2, 0) is 9.59 Å². The minimum absolute atomic E-state index is 0.0272. The number of hydrogen-bond acceptors (Lipinski definition) is 3. The standard InChI is InChI=1S/C18H29NO2/c1-3-5-7-9-13-19(14-10-8-6-4-2)17-15-16(20)11-12-18(17)21/h11-12,15H,3-10,13-14H2,1-2H3. The third kappa shape index (κ3) is 6.74. The van der Waals surface area contributed by atoms with Crippen LogP contribution >= 0.6 is 0 Å². The van der Waals surface area contributed by atoms with Crippen LogP contribution in [0.1, 0.15) is 65.2 Å². The van der Waals surface area contributed by atoms with E-state index in [0.717, 1.165) is 25.9 Å². The normalized spacial score (nSPS) is 14.5. The topological polar surface area (TPSA) is 37.4 Å². The van der Waals surface area contributed by atoms with Crippen LogP contribution in [0.5, 0.6) is 0 Å². The lowest BCUT2D eigenvalue weighted by atomic mass is 10.1. The Kier molecular flexibility index (Phi) is 8.72. The number of unbranched alkanes of at least 4 members (excludes halogenated alkanes) is 6. The summed E-state index contributed by atoms with van der Waals surface area (Å²) in [5.74, 6) is -0.0997. The molecule has 0 saturated carbocycles. The van der Waals surface area contributed by atoms with E-state index in [4.69, 9.17) is 0 Å². The van der Waals surface area contributed by atoms with E-state index in [2.05, 4.69) is 18.7 Å². The third-order valence-electron chi connectivity index (χ3n) is 3.83. The van der Waals surface area contributed by atoms with E-state index >= 15 is 0 Å². The maximum absolute atomic E-state index is 12.0. The van der Waals surface area contributed by atoms with Gasteiger partial charge in [-0.3, -0.25) is 9.59 Å². The Hall–Kier alpha value is -1.38. The lowest BCUT2D eigenvalue weighted by Crippen LogP contribution is -2.31. The number of ketones is 2. The molecule has 0 unspecified atom stereocenters. The Labute approximate surface area is 129 Å². The Bertz CT molecular complexity index is 384. The van der Waals surface area contributed by atoms with Gasteiger partial charge in [-0.05, 0) is 25.0 Å². The van der Waals surface area contributed by atoms with Crippen LogP contribution in [-0.4, -0.2) is 29.6 Å². The van der Waals surface area contributed by atoms with E-state index in [1.807, 2.05) is 0 Å². The molecular formula is C18H29NO2. The van der Waals surface area contributed by atoms with E-state index < -0.39 is 0 Å². The SMILES string of the molecule is CCCCCCN(CCCCCC)C1=CC(=O)C=CC1=O. The van der Waals surface area contributed by atoms with Gasteiger partial charge in [0.2, 0.25) is 5.78 Å². The Morgan fingerprint density at radius 3 is 1.90 bits per heavy atom. The molecular weight excluding hydrogens is 262 g/mol. The Balaban J connectivity index is 2.57. The fourth-order valence-corrected chi connectivity index (χ4v) is 2.56. The first-order valence-electron chi connectivity index (χ1n) is 8.42. The average Bonchev–Trinajstić information content (AvgIpc) is 2.48. The van der Waals surface area contributed by atoms with E-state index in [9.17, 15) is 9.59 Å². The molecule has 1 aliphatic rings.